The fourth-order valence-electron chi connectivity index (χ4n) is 0.310. The molecular formula is C5H9N3O. The van der Waals surface area contributed by atoms with Gasteiger partial charge in [0.25, 0.3) is 0 Å². The zero-order chi connectivity index (χ0) is 7.11. The van der Waals surface area contributed by atoms with Crippen molar-refractivity contribution in [1.82, 2.24) is 5.32 Å². The van der Waals surface area contributed by atoms with Crippen LogP contribution in [-0.2, 0) is 0 Å². The van der Waals surface area contributed by atoms with E-state index in [0.29, 0.717) is 5.82 Å². The summed E-state index contributed by atoms with van der Waals surface area (Å²) >= 11 is 0. The molecule has 9 heavy (non-hydrogen) atoms. The Balaban J connectivity index is 3.80. The van der Waals surface area contributed by atoms with Gasteiger partial charge in [-0.05, 0) is 13.4 Å². The molecule has 0 atom stereocenters. The molecule has 0 heterocycles. The van der Waals surface area contributed by atoms with Crippen LogP contribution in [0.2, 0.25) is 0 Å². The summed E-state index contributed by atoms with van der Waals surface area (Å²) in [6.45, 7) is 6.23. The molecular weight excluding hydrogens is 118 g/mol. The molecule has 0 saturated heterocycles. The number of aliphatic imine (C=N–C) groups is 2. The quantitative estimate of drug-likeness (QED) is 0.403. The summed E-state index contributed by atoms with van der Waals surface area (Å²) in [5, 5.41) is 10.8. The first kappa shape index (κ1) is 7.84. The van der Waals surface area contributed by atoms with Gasteiger partial charge < -0.3 is 10.4 Å². The molecule has 0 spiro atoms. The Morgan fingerprint density at radius 3 is 2.67 bits per heavy atom. The highest BCUT2D eigenvalue weighted by atomic mass is 16.3. The molecule has 0 saturated carbocycles. The smallest absolute Gasteiger partial charge is 0.145 e. The van der Waals surface area contributed by atoms with Crippen molar-refractivity contribution in [2.75, 3.05) is 6.73 Å². The zero-order valence-corrected chi connectivity index (χ0v) is 5.04. The van der Waals surface area contributed by atoms with Crippen molar-refractivity contribution in [3.63, 3.8) is 0 Å². The van der Waals surface area contributed by atoms with Gasteiger partial charge in [0.15, 0.2) is 0 Å². The van der Waals surface area contributed by atoms with E-state index in [2.05, 4.69) is 28.7 Å². The van der Waals surface area contributed by atoms with Crippen molar-refractivity contribution in [2.24, 2.45) is 9.98 Å². The molecule has 0 aliphatic heterocycles. The van der Waals surface area contributed by atoms with Crippen LogP contribution in [-0.4, -0.2) is 25.3 Å². The van der Waals surface area contributed by atoms with Gasteiger partial charge in [-0.2, -0.15) is 0 Å². The molecule has 0 aromatic rings. The van der Waals surface area contributed by atoms with E-state index in [-0.39, 0.29) is 6.73 Å². The SMILES string of the molecule is C=N/C=C(\N=C)NCO. The largest absolute Gasteiger partial charge is 0.377 e. The van der Waals surface area contributed by atoms with Gasteiger partial charge in [-0.3, -0.25) is 4.99 Å². The Bertz CT molecular complexity index is 130. The second-order valence-corrected chi connectivity index (χ2v) is 1.19. The fraction of sp³-hybridized carbons (Fsp3) is 0.200. The minimum Gasteiger partial charge on any atom is -0.377 e. The molecule has 0 rings (SSSR count). The van der Waals surface area contributed by atoms with Gasteiger partial charge >= 0.3 is 0 Å². The lowest BCUT2D eigenvalue weighted by molar-refractivity contribution is 0.274. The molecule has 0 amide bonds. The maximum atomic E-state index is 8.29. The van der Waals surface area contributed by atoms with E-state index in [9.17, 15) is 0 Å². The third-order valence-electron chi connectivity index (χ3n) is 0.644. The molecule has 0 aromatic heterocycles. The molecule has 0 aliphatic rings. The predicted molar refractivity (Wildman–Crippen MR) is 37.4 cm³/mol. The highest BCUT2D eigenvalue weighted by Crippen LogP contribution is 1.86. The van der Waals surface area contributed by atoms with Crippen LogP contribution in [0.3, 0.4) is 0 Å². The molecule has 4 heteroatoms. The highest BCUT2D eigenvalue weighted by Gasteiger charge is 1.84. The first-order chi connectivity index (χ1) is 4.35. The summed E-state index contributed by atoms with van der Waals surface area (Å²) in [6, 6.07) is 0. The molecule has 50 valence electrons. The minimum atomic E-state index is -0.180. The average Bonchev–Trinajstić information content (AvgIpc) is 1.88. The number of rotatable bonds is 4. The lowest BCUT2D eigenvalue weighted by Gasteiger charge is -1.97. The van der Waals surface area contributed by atoms with Crippen molar-refractivity contribution in [3.05, 3.63) is 12.0 Å². The van der Waals surface area contributed by atoms with Crippen LogP contribution in [0.4, 0.5) is 0 Å². The molecule has 2 N–H and O–H groups in total. The van der Waals surface area contributed by atoms with Gasteiger partial charge in [0.05, 0.1) is 6.20 Å². The molecule has 0 aromatic carbocycles. The van der Waals surface area contributed by atoms with Gasteiger partial charge in [-0.25, -0.2) is 4.99 Å². The van der Waals surface area contributed by atoms with Crippen LogP contribution in [0.25, 0.3) is 0 Å². The van der Waals surface area contributed by atoms with Gasteiger partial charge in [-0.1, -0.05) is 0 Å². The molecule has 4 nitrogen and oxygen atoms in total. The normalized spacial score (nSPS) is 10.6. The van der Waals surface area contributed by atoms with Crippen LogP contribution in [0, 0.1) is 0 Å². The van der Waals surface area contributed by atoms with Crippen LogP contribution in [0.5, 0.6) is 0 Å². The van der Waals surface area contributed by atoms with Crippen molar-refractivity contribution in [2.45, 2.75) is 0 Å². The number of nitrogens with zero attached hydrogens (tertiary/aromatic N) is 2. The average molecular weight is 127 g/mol. The summed E-state index contributed by atoms with van der Waals surface area (Å²) in [6.07, 6.45) is 1.36. The van der Waals surface area contributed by atoms with E-state index in [4.69, 9.17) is 5.11 Å². The van der Waals surface area contributed by atoms with Gasteiger partial charge in [-0.15, -0.1) is 0 Å². The Kier molecular flexibility index (Phi) is 4.34. The van der Waals surface area contributed by atoms with E-state index < -0.39 is 0 Å². The van der Waals surface area contributed by atoms with Crippen molar-refractivity contribution < 1.29 is 5.11 Å². The molecule has 0 bridgehead atoms. The molecule has 0 fully saturated rings. The van der Waals surface area contributed by atoms with Crippen LogP contribution >= 0.6 is 0 Å². The summed E-state index contributed by atoms with van der Waals surface area (Å²) in [7, 11) is 0. The maximum absolute atomic E-state index is 8.29. The van der Waals surface area contributed by atoms with Crippen molar-refractivity contribution >= 4 is 13.4 Å². The van der Waals surface area contributed by atoms with E-state index in [1.807, 2.05) is 0 Å². The number of hydrogen-bond donors (Lipinski definition) is 2. The van der Waals surface area contributed by atoms with Crippen LogP contribution in [0.1, 0.15) is 0 Å². The minimum absolute atomic E-state index is 0.180. The number of nitrogens with one attached hydrogen (secondary N) is 1. The monoisotopic (exact) mass is 127 g/mol. The Morgan fingerprint density at radius 1 is 1.67 bits per heavy atom. The molecule has 0 unspecified atom stereocenters. The summed E-state index contributed by atoms with van der Waals surface area (Å²) in [4.78, 5) is 6.88. The number of hydrogen-bond acceptors (Lipinski definition) is 4. The third-order valence-corrected chi connectivity index (χ3v) is 0.644. The first-order valence-electron chi connectivity index (χ1n) is 2.32. The highest BCUT2D eigenvalue weighted by molar-refractivity contribution is 5.30. The lowest BCUT2D eigenvalue weighted by atomic mass is 10.7. The van der Waals surface area contributed by atoms with E-state index in [1.165, 1.54) is 6.20 Å². The summed E-state index contributed by atoms with van der Waals surface area (Å²) in [5.41, 5.74) is 0. The van der Waals surface area contributed by atoms with E-state index in [1.54, 1.807) is 0 Å². The van der Waals surface area contributed by atoms with E-state index in [0.717, 1.165) is 0 Å². The van der Waals surface area contributed by atoms with Crippen LogP contribution in [0.15, 0.2) is 22.0 Å². The van der Waals surface area contributed by atoms with Crippen molar-refractivity contribution in [1.29, 1.82) is 0 Å². The standard InChI is InChI=1S/C5H9N3O/c1-6-3-5(7-2)8-4-9/h3,8-9H,1-2,4H2/b5-3+. The Morgan fingerprint density at radius 2 is 2.33 bits per heavy atom. The van der Waals surface area contributed by atoms with Gasteiger partial charge in [0, 0.05) is 0 Å². The van der Waals surface area contributed by atoms with Crippen LogP contribution < -0.4 is 5.32 Å². The van der Waals surface area contributed by atoms with Gasteiger partial charge in [0.2, 0.25) is 0 Å². The maximum Gasteiger partial charge on any atom is 0.145 e. The van der Waals surface area contributed by atoms with E-state index >= 15 is 0 Å². The number of aliphatic hydroxyl groups is 1. The zero-order valence-electron chi connectivity index (χ0n) is 5.04. The third kappa shape index (κ3) is 3.42. The first-order valence-corrected chi connectivity index (χ1v) is 2.32. The summed E-state index contributed by atoms with van der Waals surface area (Å²) in [5.74, 6) is 0.410. The van der Waals surface area contributed by atoms with Gasteiger partial charge in [0.1, 0.15) is 12.6 Å². The summed E-state index contributed by atoms with van der Waals surface area (Å²) < 4.78 is 0. The number of aliphatic hydroxyl groups excluding tert-OH is 1. The molecule has 0 radical (unpaired) electrons. The van der Waals surface area contributed by atoms with Crippen molar-refractivity contribution in [3.8, 4) is 0 Å². The second-order valence-electron chi connectivity index (χ2n) is 1.19. The Labute approximate surface area is 53.6 Å². The fourth-order valence-corrected chi connectivity index (χ4v) is 0.310. The topological polar surface area (TPSA) is 57.0 Å². The molecule has 0 aliphatic carbocycles. The predicted octanol–water partition coefficient (Wildman–Crippen LogP) is -0.274. The Hall–Kier alpha value is -1.16. The second kappa shape index (κ2) is 4.99. The lowest BCUT2D eigenvalue weighted by Crippen LogP contribution is -2.11.